The lowest BCUT2D eigenvalue weighted by molar-refractivity contribution is -0.122. The van der Waals surface area contributed by atoms with Crippen LogP contribution in [0.3, 0.4) is 0 Å². The van der Waals surface area contributed by atoms with E-state index in [0.717, 1.165) is 38.5 Å². The Bertz CT molecular complexity index is 867. The molecule has 2 heterocycles. The van der Waals surface area contributed by atoms with Crippen molar-refractivity contribution in [3.8, 4) is 0 Å². The lowest BCUT2D eigenvalue weighted by Crippen LogP contribution is -2.39. The molecule has 0 aromatic carbocycles. The van der Waals surface area contributed by atoms with Crippen LogP contribution in [0, 0.1) is 0 Å². The molecule has 2 aromatic rings. The highest BCUT2D eigenvalue weighted by atomic mass is 32.1. The van der Waals surface area contributed by atoms with Crippen molar-refractivity contribution < 1.29 is 14.3 Å². The van der Waals surface area contributed by atoms with Gasteiger partial charge in [0.2, 0.25) is 5.91 Å². The minimum atomic E-state index is -0.516. The molecule has 1 fully saturated rings. The normalized spacial score (nSPS) is 15.0. The molecular weight excluding hydrogens is 366 g/mol. The fourth-order valence-corrected chi connectivity index (χ4v) is 4.16. The van der Waals surface area contributed by atoms with Crippen molar-refractivity contribution >= 4 is 33.4 Å². The molecule has 27 heavy (non-hydrogen) atoms. The third-order valence-electron chi connectivity index (χ3n) is 4.80. The number of nitrogens with one attached hydrogen (secondary N) is 1. The number of esters is 1. The van der Waals surface area contributed by atoms with Crippen LogP contribution in [0.2, 0.25) is 0 Å². The zero-order valence-electron chi connectivity index (χ0n) is 15.5. The van der Waals surface area contributed by atoms with Crippen molar-refractivity contribution in [3.63, 3.8) is 0 Å². The predicted molar refractivity (Wildman–Crippen MR) is 104 cm³/mol. The van der Waals surface area contributed by atoms with Gasteiger partial charge in [-0.3, -0.25) is 14.2 Å². The van der Waals surface area contributed by atoms with Crippen molar-refractivity contribution in [3.05, 3.63) is 27.6 Å². The maximum atomic E-state index is 12.8. The van der Waals surface area contributed by atoms with Gasteiger partial charge >= 0.3 is 5.97 Å². The first-order chi connectivity index (χ1) is 13.1. The average molecular weight is 391 g/mol. The summed E-state index contributed by atoms with van der Waals surface area (Å²) < 4.78 is 6.48. The van der Waals surface area contributed by atoms with Gasteiger partial charge in [-0.2, -0.15) is 0 Å². The van der Waals surface area contributed by atoms with E-state index in [1.165, 1.54) is 28.7 Å². The Labute approximate surface area is 161 Å². The second-order valence-electron chi connectivity index (χ2n) is 6.90. The summed E-state index contributed by atoms with van der Waals surface area (Å²) >= 11 is 1.23. The van der Waals surface area contributed by atoms with Crippen LogP contribution in [0.15, 0.2) is 16.5 Å². The van der Waals surface area contributed by atoms with E-state index in [-0.39, 0.29) is 35.0 Å². The molecule has 8 heteroatoms. The van der Waals surface area contributed by atoms with Crippen LogP contribution in [0.4, 0.5) is 0 Å². The van der Waals surface area contributed by atoms with Gasteiger partial charge in [-0.15, -0.1) is 11.3 Å². The minimum Gasteiger partial charge on any atom is -0.462 e. The van der Waals surface area contributed by atoms with Gasteiger partial charge in [-0.1, -0.05) is 32.6 Å². The van der Waals surface area contributed by atoms with Crippen molar-refractivity contribution in [2.45, 2.75) is 64.5 Å². The lowest BCUT2D eigenvalue weighted by atomic mass is 9.95. The number of nitrogens with zero attached hydrogens (tertiary/aromatic N) is 2. The maximum absolute atomic E-state index is 12.8. The zero-order chi connectivity index (χ0) is 19.2. The second-order valence-corrected chi connectivity index (χ2v) is 7.76. The van der Waals surface area contributed by atoms with Crippen LogP contribution in [0.5, 0.6) is 0 Å². The monoisotopic (exact) mass is 391 g/mol. The summed E-state index contributed by atoms with van der Waals surface area (Å²) in [5.74, 6) is -0.717. The first-order valence-electron chi connectivity index (χ1n) is 9.53. The fourth-order valence-electron chi connectivity index (χ4n) is 3.29. The van der Waals surface area contributed by atoms with Gasteiger partial charge < -0.3 is 10.1 Å². The molecule has 0 atom stereocenters. The van der Waals surface area contributed by atoms with E-state index < -0.39 is 5.97 Å². The standard InChI is InChI=1S/C19H25N3O4S/c1-2-3-9-26-19(25)14-11-27-17-16(14)18(24)22(12-20-17)10-15(23)21-13-7-5-4-6-8-13/h11-13H,2-10H2,1H3,(H,21,23). The Kier molecular flexibility index (Phi) is 6.60. The Morgan fingerprint density at radius 3 is 2.85 bits per heavy atom. The number of carbonyl (C=O) groups excluding carboxylic acids is 2. The Morgan fingerprint density at radius 1 is 1.33 bits per heavy atom. The number of hydrogen-bond donors (Lipinski definition) is 1. The molecule has 0 saturated heterocycles. The van der Waals surface area contributed by atoms with E-state index in [4.69, 9.17) is 4.74 Å². The summed E-state index contributed by atoms with van der Waals surface area (Å²) in [6.45, 7) is 2.23. The number of hydrogen-bond acceptors (Lipinski definition) is 6. The van der Waals surface area contributed by atoms with Crippen molar-refractivity contribution in [1.82, 2.24) is 14.9 Å². The Hall–Kier alpha value is -2.22. The fraction of sp³-hybridized carbons (Fsp3) is 0.579. The molecule has 1 amide bonds. The third-order valence-corrected chi connectivity index (χ3v) is 5.68. The highest BCUT2D eigenvalue weighted by Gasteiger charge is 2.20. The van der Waals surface area contributed by atoms with E-state index in [1.807, 2.05) is 6.92 Å². The molecule has 0 bridgehead atoms. The number of carbonyl (C=O) groups is 2. The van der Waals surface area contributed by atoms with Gasteiger partial charge in [0.15, 0.2) is 0 Å². The summed E-state index contributed by atoms with van der Waals surface area (Å²) in [4.78, 5) is 42.1. The highest BCUT2D eigenvalue weighted by Crippen LogP contribution is 2.22. The number of unbranched alkanes of at least 4 members (excludes halogenated alkanes) is 1. The highest BCUT2D eigenvalue weighted by molar-refractivity contribution is 7.17. The van der Waals surface area contributed by atoms with Crippen LogP contribution in [-0.2, 0) is 16.1 Å². The van der Waals surface area contributed by atoms with E-state index in [0.29, 0.717) is 11.4 Å². The number of amides is 1. The van der Waals surface area contributed by atoms with E-state index in [2.05, 4.69) is 10.3 Å². The van der Waals surface area contributed by atoms with Crippen LogP contribution in [0.25, 0.3) is 10.2 Å². The number of thiophene rings is 1. The van der Waals surface area contributed by atoms with Crippen LogP contribution >= 0.6 is 11.3 Å². The second kappa shape index (κ2) is 9.12. The van der Waals surface area contributed by atoms with Gasteiger partial charge in [0.05, 0.1) is 23.9 Å². The largest absolute Gasteiger partial charge is 0.462 e. The predicted octanol–water partition coefficient (Wildman–Crippen LogP) is 2.86. The summed E-state index contributed by atoms with van der Waals surface area (Å²) in [5.41, 5.74) is -0.159. The Morgan fingerprint density at radius 2 is 2.11 bits per heavy atom. The van der Waals surface area contributed by atoms with Crippen molar-refractivity contribution in [1.29, 1.82) is 0 Å². The first kappa shape index (κ1) is 19.5. The molecule has 1 aliphatic rings. The molecular formula is C19H25N3O4S. The smallest absolute Gasteiger partial charge is 0.339 e. The van der Waals surface area contributed by atoms with Crippen LogP contribution in [0.1, 0.15) is 62.2 Å². The summed E-state index contributed by atoms with van der Waals surface area (Å²) in [5, 5.41) is 4.82. The lowest BCUT2D eigenvalue weighted by Gasteiger charge is -2.22. The molecule has 7 nitrogen and oxygen atoms in total. The number of rotatable bonds is 7. The third kappa shape index (κ3) is 4.74. The number of ether oxygens (including phenoxy) is 1. The molecule has 1 aliphatic carbocycles. The molecule has 0 unspecified atom stereocenters. The van der Waals surface area contributed by atoms with E-state index >= 15 is 0 Å². The maximum Gasteiger partial charge on any atom is 0.339 e. The number of fused-ring (bicyclic) bond motifs is 1. The van der Waals surface area contributed by atoms with Gasteiger partial charge in [-0.25, -0.2) is 9.78 Å². The van der Waals surface area contributed by atoms with Gasteiger partial charge in [0.1, 0.15) is 11.4 Å². The molecule has 146 valence electrons. The van der Waals surface area contributed by atoms with Crippen molar-refractivity contribution in [2.24, 2.45) is 0 Å². The summed E-state index contributed by atoms with van der Waals surface area (Å²) in [6.07, 6.45) is 8.48. The Balaban J connectivity index is 1.75. The molecule has 0 aliphatic heterocycles. The van der Waals surface area contributed by atoms with E-state index in [9.17, 15) is 14.4 Å². The van der Waals surface area contributed by atoms with Gasteiger partial charge in [-0.05, 0) is 19.3 Å². The molecule has 1 N–H and O–H groups in total. The van der Waals surface area contributed by atoms with Crippen LogP contribution in [-0.4, -0.2) is 34.1 Å². The SMILES string of the molecule is CCCCOC(=O)c1csc2ncn(CC(=O)NC3CCCCC3)c(=O)c12. The van der Waals surface area contributed by atoms with Gasteiger partial charge in [0, 0.05) is 11.4 Å². The molecule has 2 aromatic heterocycles. The first-order valence-corrected chi connectivity index (χ1v) is 10.4. The van der Waals surface area contributed by atoms with Crippen molar-refractivity contribution in [2.75, 3.05) is 6.61 Å². The summed E-state index contributed by atoms with van der Waals surface area (Å²) in [6, 6.07) is 0.184. The van der Waals surface area contributed by atoms with Gasteiger partial charge in [0.25, 0.3) is 5.56 Å². The molecule has 1 saturated carbocycles. The molecule has 0 radical (unpaired) electrons. The molecule has 0 spiro atoms. The average Bonchev–Trinajstić information content (AvgIpc) is 3.10. The zero-order valence-corrected chi connectivity index (χ0v) is 16.3. The summed E-state index contributed by atoms with van der Waals surface area (Å²) in [7, 11) is 0. The topological polar surface area (TPSA) is 90.3 Å². The van der Waals surface area contributed by atoms with E-state index in [1.54, 1.807) is 5.38 Å². The molecule has 3 rings (SSSR count). The van der Waals surface area contributed by atoms with Crippen LogP contribution < -0.4 is 10.9 Å². The number of aromatic nitrogens is 2. The quantitative estimate of drug-likeness (QED) is 0.579. The minimum absolute atomic E-state index is 0.0988.